The molecule has 2 aliphatic rings. The number of likely N-dealkylation sites (N-methyl/N-ethyl adjacent to an activating group) is 1. The van der Waals surface area contributed by atoms with Gasteiger partial charge in [-0.3, -0.25) is 14.5 Å². The maximum atomic E-state index is 11.7. The molecule has 1 N–H and O–H groups in total. The van der Waals surface area contributed by atoms with E-state index in [1.807, 2.05) is 0 Å². The molecular weight excluding hydrogens is 228 g/mol. The van der Waals surface area contributed by atoms with E-state index in [0.29, 0.717) is 6.42 Å². The van der Waals surface area contributed by atoms with Crippen molar-refractivity contribution in [2.45, 2.75) is 51.5 Å². The molecule has 1 heterocycles. The number of carbonyl (C=O) groups is 2. The van der Waals surface area contributed by atoms with Gasteiger partial charge >= 0.3 is 0 Å². The molecule has 1 atom stereocenters. The van der Waals surface area contributed by atoms with Crippen molar-refractivity contribution in [2.24, 2.45) is 11.8 Å². The Balaban J connectivity index is 1.67. The van der Waals surface area contributed by atoms with Crippen LogP contribution in [-0.4, -0.2) is 36.3 Å². The summed E-state index contributed by atoms with van der Waals surface area (Å²) in [5.74, 6) is 1.55. The van der Waals surface area contributed by atoms with Gasteiger partial charge in [-0.25, -0.2) is 0 Å². The highest BCUT2D eigenvalue weighted by molar-refractivity contribution is 6.05. The first-order valence-corrected chi connectivity index (χ1v) is 7.11. The second-order valence-corrected chi connectivity index (χ2v) is 5.92. The molecule has 0 radical (unpaired) electrons. The fourth-order valence-corrected chi connectivity index (χ4v) is 2.99. The Morgan fingerprint density at radius 3 is 2.44 bits per heavy atom. The number of likely N-dealkylation sites (tertiary alicyclic amines) is 1. The second kappa shape index (κ2) is 5.83. The Kier molecular flexibility index (Phi) is 4.38. The van der Waals surface area contributed by atoms with Crippen molar-refractivity contribution in [3.8, 4) is 0 Å². The molecule has 2 amide bonds. The van der Waals surface area contributed by atoms with E-state index in [1.165, 1.54) is 30.6 Å². The number of amides is 2. The molecule has 4 heteroatoms. The van der Waals surface area contributed by atoms with E-state index in [-0.39, 0.29) is 17.9 Å². The van der Waals surface area contributed by atoms with Crippen LogP contribution in [0.3, 0.4) is 0 Å². The first-order chi connectivity index (χ1) is 8.58. The first-order valence-electron chi connectivity index (χ1n) is 7.11. The largest absolute Gasteiger partial charge is 0.305 e. The summed E-state index contributed by atoms with van der Waals surface area (Å²) < 4.78 is 0. The van der Waals surface area contributed by atoms with Crippen molar-refractivity contribution in [3.05, 3.63) is 0 Å². The van der Waals surface area contributed by atoms with Crippen LogP contribution in [0.1, 0.15) is 45.4 Å². The van der Waals surface area contributed by atoms with Crippen LogP contribution in [0.25, 0.3) is 0 Å². The number of carbonyl (C=O) groups excluding carboxylic acids is 2. The lowest BCUT2D eigenvalue weighted by molar-refractivity contribution is -0.137. The van der Waals surface area contributed by atoms with Crippen molar-refractivity contribution in [1.82, 2.24) is 10.2 Å². The van der Waals surface area contributed by atoms with Gasteiger partial charge in [0.1, 0.15) is 0 Å². The van der Waals surface area contributed by atoms with E-state index in [9.17, 15) is 9.59 Å². The van der Waals surface area contributed by atoms with Crippen LogP contribution in [0.5, 0.6) is 0 Å². The quantitative estimate of drug-likeness (QED) is 0.772. The number of rotatable bonds is 4. The molecule has 2 rings (SSSR count). The number of hydrogen-bond donors (Lipinski definition) is 1. The highest BCUT2D eigenvalue weighted by Gasteiger charge is 2.35. The fourth-order valence-electron chi connectivity index (χ4n) is 2.99. The van der Waals surface area contributed by atoms with Crippen molar-refractivity contribution in [1.29, 1.82) is 0 Å². The van der Waals surface area contributed by atoms with Crippen molar-refractivity contribution in [2.75, 3.05) is 13.6 Å². The average molecular weight is 252 g/mol. The molecule has 1 saturated carbocycles. The topological polar surface area (TPSA) is 49.4 Å². The van der Waals surface area contributed by atoms with Gasteiger partial charge in [0.05, 0.1) is 12.5 Å². The lowest BCUT2D eigenvalue weighted by atomic mass is 9.81. The Morgan fingerprint density at radius 2 is 1.89 bits per heavy atom. The molecular formula is C14H24N2O2. The molecule has 0 spiro atoms. The molecule has 1 aliphatic carbocycles. The minimum Gasteiger partial charge on any atom is -0.305 e. The first kappa shape index (κ1) is 13.5. The van der Waals surface area contributed by atoms with Gasteiger partial charge in [0, 0.05) is 7.05 Å². The fraction of sp³-hybridized carbons (Fsp3) is 0.857. The number of nitrogens with one attached hydrogen (secondary N) is 1. The molecule has 102 valence electrons. The van der Waals surface area contributed by atoms with E-state index < -0.39 is 0 Å². The van der Waals surface area contributed by atoms with E-state index in [4.69, 9.17) is 0 Å². The lowest BCUT2D eigenvalue weighted by Crippen LogP contribution is -2.38. The highest BCUT2D eigenvalue weighted by Crippen LogP contribution is 2.30. The molecule has 0 bridgehead atoms. The van der Waals surface area contributed by atoms with Crippen LogP contribution in [0.4, 0.5) is 0 Å². The number of imide groups is 1. The van der Waals surface area contributed by atoms with Gasteiger partial charge in [-0.15, -0.1) is 0 Å². The summed E-state index contributed by atoms with van der Waals surface area (Å²) in [6.45, 7) is 3.18. The molecule has 1 saturated heterocycles. The SMILES string of the molecule is CC1CCC(CCNC2CC(=O)N(C)C2=O)CC1. The van der Waals surface area contributed by atoms with Crippen LogP contribution < -0.4 is 5.32 Å². The van der Waals surface area contributed by atoms with Crippen LogP contribution in [-0.2, 0) is 9.59 Å². The average Bonchev–Trinajstić information content (AvgIpc) is 2.60. The predicted molar refractivity (Wildman–Crippen MR) is 69.9 cm³/mol. The minimum absolute atomic E-state index is 0.0657. The van der Waals surface area contributed by atoms with Crippen LogP contribution >= 0.6 is 0 Å². The summed E-state index contributed by atoms with van der Waals surface area (Å²) >= 11 is 0. The second-order valence-electron chi connectivity index (χ2n) is 5.92. The van der Waals surface area contributed by atoms with Crippen LogP contribution in [0.15, 0.2) is 0 Å². The summed E-state index contributed by atoms with van der Waals surface area (Å²) in [6, 6.07) is -0.273. The van der Waals surface area contributed by atoms with Crippen molar-refractivity contribution in [3.63, 3.8) is 0 Å². The lowest BCUT2D eigenvalue weighted by Gasteiger charge is -2.26. The Labute approximate surface area is 109 Å². The number of nitrogens with zero attached hydrogens (tertiary/aromatic N) is 1. The zero-order valence-corrected chi connectivity index (χ0v) is 11.4. The summed E-state index contributed by atoms with van der Waals surface area (Å²) in [6.07, 6.45) is 6.79. The Morgan fingerprint density at radius 1 is 1.22 bits per heavy atom. The zero-order valence-electron chi connectivity index (χ0n) is 11.4. The smallest absolute Gasteiger partial charge is 0.246 e. The number of hydrogen-bond acceptors (Lipinski definition) is 3. The minimum atomic E-state index is -0.273. The third-order valence-electron chi connectivity index (χ3n) is 4.46. The van der Waals surface area contributed by atoms with Gasteiger partial charge in [-0.2, -0.15) is 0 Å². The Bertz CT molecular complexity index is 322. The van der Waals surface area contributed by atoms with Crippen LogP contribution in [0.2, 0.25) is 0 Å². The summed E-state index contributed by atoms with van der Waals surface area (Å²) in [4.78, 5) is 24.3. The maximum Gasteiger partial charge on any atom is 0.246 e. The highest BCUT2D eigenvalue weighted by atomic mass is 16.2. The van der Waals surface area contributed by atoms with Gasteiger partial charge in [0.25, 0.3) is 0 Å². The standard InChI is InChI=1S/C14H24N2O2/c1-10-3-5-11(6-4-10)7-8-15-12-9-13(17)16(2)14(12)18/h10-12,15H,3-9H2,1-2H3. The molecule has 1 aliphatic heterocycles. The van der Waals surface area contributed by atoms with Gasteiger partial charge in [-0.1, -0.05) is 32.6 Å². The van der Waals surface area contributed by atoms with E-state index >= 15 is 0 Å². The van der Waals surface area contributed by atoms with Crippen molar-refractivity contribution >= 4 is 11.8 Å². The van der Waals surface area contributed by atoms with Gasteiger partial charge in [0.15, 0.2) is 0 Å². The molecule has 0 aromatic rings. The molecule has 1 unspecified atom stereocenters. The summed E-state index contributed by atoms with van der Waals surface area (Å²) in [7, 11) is 1.56. The molecule has 4 nitrogen and oxygen atoms in total. The van der Waals surface area contributed by atoms with E-state index in [0.717, 1.165) is 24.8 Å². The van der Waals surface area contributed by atoms with Gasteiger partial charge < -0.3 is 5.32 Å². The summed E-state index contributed by atoms with van der Waals surface area (Å²) in [5, 5.41) is 3.24. The van der Waals surface area contributed by atoms with Crippen LogP contribution in [0, 0.1) is 11.8 Å². The van der Waals surface area contributed by atoms with Gasteiger partial charge in [0.2, 0.25) is 11.8 Å². The third-order valence-corrected chi connectivity index (χ3v) is 4.46. The maximum absolute atomic E-state index is 11.7. The molecule has 2 fully saturated rings. The normalized spacial score (nSPS) is 33.2. The van der Waals surface area contributed by atoms with E-state index in [2.05, 4.69) is 12.2 Å². The Hall–Kier alpha value is -0.900. The van der Waals surface area contributed by atoms with Gasteiger partial charge in [-0.05, 0) is 24.8 Å². The third kappa shape index (κ3) is 3.10. The van der Waals surface area contributed by atoms with Crippen molar-refractivity contribution < 1.29 is 9.59 Å². The molecule has 0 aromatic carbocycles. The zero-order chi connectivity index (χ0) is 13.1. The monoisotopic (exact) mass is 252 g/mol. The molecule has 0 aromatic heterocycles. The van der Waals surface area contributed by atoms with E-state index in [1.54, 1.807) is 7.05 Å². The summed E-state index contributed by atoms with van der Waals surface area (Å²) in [5.41, 5.74) is 0. The predicted octanol–water partition coefficient (Wildman–Crippen LogP) is 1.55. The molecule has 18 heavy (non-hydrogen) atoms.